The fourth-order valence-corrected chi connectivity index (χ4v) is 2.90. The number of ether oxygens (including phenoxy) is 2. The van der Waals surface area contributed by atoms with Gasteiger partial charge in [-0.3, -0.25) is 4.99 Å². The Labute approximate surface area is 153 Å². The van der Waals surface area contributed by atoms with Crippen LogP contribution < -0.4 is 20.1 Å². The van der Waals surface area contributed by atoms with E-state index >= 15 is 0 Å². The van der Waals surface area contributed by atoms with Crippen molar-refractivity contribution < 1.29 is 18.3 Å². The standard InChI is InChI=1S/C19H27F2N3O2/c1-22-19(23-11-10-14-6-4-3-5-7-14)24-13-15-8-9-16(25-2)17(12-15)26-18(20)21/h6,8-9,12,18H,3-5,7,10-11,13H2,1-2H3,(H2,22,23,24). The second-order valence-electron chi connectivity index (χ2n) is 6.07. The Morgan fingerprint density at radius 1 is 1.23 bits per heavy atom. The second kappa shape index (κ2) is 10.6. The van der Waals surface area contributed by atoms with Crippen LogP contribution in [0.15, 0.2) is 34.8 Å². The predicted octanol–water partition coefficient (Wildman–Crippen LogP) is 3.85. The lowest BCUT2D eigenvalue weighted by Gasteiger charge is -2.16. The largest absolute Gasteiger partial charge is 0.493 e. The zero-order valence-corrected chi connectivity index (χ0v) is 15.4. The summed E-state index contributed by atoms with van der Waals surface area (Å²) in [6.45, 7) is -1.64. The highest BCUT2D eigenvalue weighted by molar-refractivity contribution is 5.79. The molecule has 1 aromatic carbocycles. The summed E-state index contributed by atoms with van der Waals surface area (Å²) in [6, 6.07) is 4.95. The average molecular weight is 367 g/mol. The Morgan fingerprint density at radius 3 is 2.73 bits per heavy atom. The molecule has 0 aromatic heterocycles. The van der Waals surface area contributed by atoms with Crippen molar-refractivity contribution in [2.45, 2.75) is 45.3 Å². The number of guanidine groups is 1. The van der Waals surface area contributed by atoms with Crippen molar-refractivity contribution in [2.75, 3.05) is 20.7 Å². The molecule has 0 atom stereocenters. The first-order chi connectivity index (χ1) is 12.6. The number of rotatable bonds is 8. The molecule has 0 fully saturated rings. The molecule has 1 aromatic rings. The molecule has 0 radical (unpaired) electrons. The van der Waals surface area contributed by atoms with E-state index in [0.717, 1.165) is 18.5 Å². The van der Waals surface area contributed by atoms with Gasteiger partial charge in [0, 0.05) is 20.1 Å². The third kappa shape index (κ3) is 6.54. The molecule has 0 amide bonds. The number of alkyl halides is 2. The molecule has 1 aliphatic rings. The number of aliphatic imine (C=N–C) groups is 1. The molecule has 26 heavy (non-hydrogen) atoms. The van der Waals surface area contributed by atoms with Gasteiger partial charge in [-0.1, -0.05) is 17.7 Å². The molecule has 1 aliphatic carbocycles. The fraction of sp³-hybridized carbons (Fsp3) is 0.526. The monoisotopic (exact) mass is 367 g/mol. The van der Waals surface area contributed by atoms with Crippen molar-refractivity contribution in [1.82, 2.24) is 10.6 Å². The van der Waals surface area contributed by atoms with Crippen molar-refractivity contribution in [3.8, 4) is 11.5 Å². The lowest BCUT2D eigenvalue weighted by atomic mass is 9.97. The third-order valence-electron chi connectivity index (χ3n) is 4.25. The SMILES string of the molecule is CN=C(NCCC1=CCCCC1)NCc1ccc(OC)c(OC(F)F)c1. The number of nitrogens with zero attached hydrogens (tertiary/aromatic N) is 1. The van der Waals surface area contributed by atoms with E-state index in [2.05, 4.69) is 26.4 Å². The number of nitrogens with one attached hydrogen (secondary N) is 2. The maximum Gasteiger partial charge on any atom is 0.387 e. The van der Waals surface area contributed by atoms with Crippen LogP contribution in [0.25, 0.3) is 0 Å². The maximum atomic E-state index is 12.5. The molecule has 0 aliphatic heterocycles. The summed E-state index contributed by atoms with van der Waals surface area (Å²) in [5.74, 6) is 0.972. The van der Waals surface area contributed by atoms with Crippen molar-refractivity contribution in [1.29, 1.82) is 0 Å². The van der Waals surface area contributed by atoms with E-state index in [1.165, 1.54) is 44.4 Å². The van der Waals surface area contributed by atoms with Gasteiger partial charge in [-0.05, 0) is 49.8 Å². The summed E-state index contributed by atoms with van der Waals surface area (Å²) in [5.41, 5.74) is 2.29. The van der Waals surface area contributed by atoms with Gasteiger partial charge >= 0.3 is 6.61 Å². The number of methoxy groups -OCH3 is 1. The Kier molecular flexibility index (Phi) is 8.18. The van der Waals surface area contributed by atoms with Gasteiger partial charge < -0.3 is 20.1 Å². The highest BCUT2D eigenvalue weighted by Gasteiger charge is 2.11. The van der Waals surface area contributed by atoms with E-state index in [9.17, 15) is 8.78 Å². The molecule has 0 bridgehead atoms. The molecular formula is C19H27F2N3O2. The van der Waals surface area contributed by atoms with Crippen LogP contribution in [-0.2, 0) is 6.54 Å². The highest BCUT2D eigenvalue weighted by Crippen LogP contribution is 2.29. The molecule has 0 unspecified atom stereocenters. The van der Waals surface area contributed by atoms with Crippen LogP contribution in [-0.4, -0.2) is 33.3 Å². The van der Waals surface area contributed by atoms with Crippen molar-refractivity contribution in [3.63, 3.8) is 0 Å². The van der Waals surface area contributed by atoms with Gasteiger partial charge in [-0.25, -0.2) is 0 Å². The average Bonchev–Trinajstić information content (AvgIpc) is 2.65. The van der Waals surface area contributed by atoms with Gasteiger partial charge in [0.25, 0.3) is 0 Å². The zero-order chi connectivity index (χ0) is 18.8. The van der Waals surface area contributed by atoms with E-state index < -0.39 is 6.61 Å². The number of hydrogen-bond acceptors (Lipinski definition) is 3. The minimum Gasteiger partial charge on any atom is -0.493 e. The smallest absolute Gasteiger partial charge is 0.387 e. The third-order valence-corrected chi connectivity index (χ3v) is 4.25. The van der Waals surface area contributed by atoms with Gasteiger partial charge in [0.2, 0.25) is 0 Å². The molecule has 0 spiro atoms. The minimum absolute atomic E-state index is 0.0222. The molecule has 5 nitrogen and oxygen atoms in total. The number of allylic oxidation sites excluding steroid dienone is 1. The summed E-state index contributed by atoms with van der Waals surface area (Å²) >= 11 is 0. The molecule has 7 heteroatoms. The Balaban J connectivity index is 1.84. The van der Waals surface area contributed by atoms with Crippen LogP contribution in [0.5, 0.6) is 11.5 Å². The van der Waals surface area contributed by atoms with Crippen LogP contribution in [0, 0.1) is 0 Å². The fourth-order valence-electron chi connectivity index (χ4n) is 2.90. The first kappa shape index (κ1) is 20.0. The molecule has 0 saturated heterocycles. The molecule has 0 saturated carbocycles. The van der Waals surface area contributed by atoms with Crippen LogP contribution >= 0.6 is 0 Å². The minimum atomic E-state index is -2.89. The highest BCUT2D eigenvalue weighted by atomic mass is 19.3. The molecule has 144 valence electrons. The Hall–Kier alpha value is -2.31. The zero-order valence-electron chi connectivity index (χ0n) is 15.4. The summed E-state index contributed by atoms with van der Waals surface area (Å²) < 4.78 is 34.5. The van der Waals surface area contributed by atoms with Crippen LogP contribution in [0.2, 0.25) is 0 Å². The van der Waals surface area contributed by atoms with Crippen LogP contribution in [0.1, 0.15) is 37.7 Å². The summed E-state index contributed by atoms with van der Waals surface area (Å²) in [6.07, 6.45) is 8.28. The first-order valence-electron chi connectivity index (χ1n) is 8.86. The van der Waals surface area contributed by atoms with Gasteiger partial charge in [0.1, 0.15) is 0 Å². The Bertz CT molecular complexity index is 633. The lowest BCUT2D eigenvalue weighted by molar-refractivity contribution is -0.0512. The van der Waals surface area contributed by atoms with Gasteiger partial charge in [-0.2, -0.15) is 8.78 Å². The quantitative estimate of drug-likeness (QED) is 0.416. The number of halogens is 2. The van der Waals surface area contributed by atoms with Crippen LogP contribution in [0.3, 0.4) is 0 Å². The van der Waals surface area contributed by atoms with Gasteiger partial charge in [0.05, 0.1) is 7.11 Å². The number of benzene rings is 1. The van der Waals surface area contributed by atoms with Gasteiger partial charge in [0.15, 0.2) is 17.5 Å². The predicted molar refractivity (Wildman–Crippen MR) is 99.0 cm³/mol. The summed E-state index contributed by atoms with van der Waals surface area (Å²) in [5, 5.41) is 6.46. The Morgan fingerprint density at radius 2 is 2.08 bits per heavy atom. The van der Waals surface area contributed by atoms with Crippen molar-refractivity contribution in [3.05, 3.63) is 35.4 Å². The van der Waals surface area contributed by atoms with E-state index in [4.69, 9.17) is 4.74 Å². The molecule has 2 rings (SSSR count). The van der Waals surface area contributed by atoms with Crippen molar-refractivity contribution >= 4 is 5.96 Å². The number of hydrogen-bond donors (Lipinski definition) is 2. The molecular weight excluding hydrogens is 340 g/mol. The van der Waals surface area contributed by atoms with Gasteiger partial charge in [-0.15, -0.1) is 0 Å². The van der Waals surface area contributed by atoms with E-state index in [1.807, 2.05) is 0 Å². The topological polar surface area (TPSA) is 54.9 Å². The summed E-state index contributed by atoms with van der Waals surface area (Å²) in [4.78, 5) is 4.19. The normalized spacial score (nSPS) is 14.8. The van der Waals surface area contributed by atoms with E-state index in [-0.39, 0.29) is 11.5 Å². The molecule has 2 N–H and O–H groups in total. The lowest BCUT2D eigenvalue weighted by Crippen LogP contribution is -2.37. The van der Waals surface area contributed by atoms with E-state index in [1.54, 1.807) is 19.2 Å². The second-order valence-corrected chi connectivity index (χ2v) is 6.07. The summed E-state index contributed by atoms with van der Waals surface area (Å²) in [7, 11) is 3.12. The van der Waals surface area contributed by atoms with Crippen molar-refractivity contribution in [2.24, 2.45) is 4.99 Å². The first-order valence-corrected chi connectivity index (χ1v) is 8.86. The van der Waals surface area contributed by atoms with E-state index in [0.29, 0.717) is 12.5 Å². The van der Waals surface area contributed by atoms with Crippen LogP contribution in [0.4, 0.5) is 8.78 Å². The molecule has 0 heterocycles. The maximum absolute atomic E-state index is 12.5.